The number of thioether (sulfide) groups is 1. The number of fused-ring (bicyclic) bond motifs is 4. The Morgan fingerprint density at radius 2 is 1.76 bits per heavy atom. The maximum absolute atomic E-state index is 12.9. The topological polar surface area (TPSA) is 110 Å². The zero-order valence-corrected chi connectivity index (χ0v) is 22.4. The Morgan fingerprint density at radius 3 is 2.53 bits per heavy atom. The first-order valence-corrected chi connectivity index (χ1v) is 14.1. The third-order valence-corrected chi connectivity index (χ3v) is 8.46. The van der Waals surface area contributed by atoms with E-state index in [0.29, 0.717) is 16.9 Å². The van der Waals surface area contributed by atoms with Gasteiger partial charge in [-0.15, -0.1) is 0 Å². The van der Waals surface area contributed by atoms with Crippen molar-refractivity contribution >= 4 is 45.6 Å². The minimum atomic E-state index is -1.08. The zero-order chi connectivity index (χ0) is 26.8. The lowest BCUT2D eigenvalue weighted by atomic mass is 9.93. The van der Waals surface area contributed by atoms with Crippen LogP contribution in [0.15, 0.2) is 50.0 Å². The first kappa shape index (κ1) is 26.1. The number of furan rings is 1. The van der Waals surface area contributed by atoms with Crippen LogP contribution in [0.25, 0.3) is 21.9 Å². The second kappa shape index (κ2) is 11.1. The summed E-state index contributed by atoms with van der Waals surface area (Å²) in [4.78, 5) is 37.3. The number of carboxylic acids is 1. The van der Waals surface area contributed by atoms with E-state index in [0.717, 1.165) is 64.5 Å². The summed E-state index contributed by atoms with van der Waals surface area (Å²) in [5.74, 6) is 0.439. The van der Waals surface area contributed by atoms with Gasteiger partial charge >= 0.3 is 11.6 Å². The molecule has 0 fully saturated rings. The Hall–Kier alpha value is -3.52. The smallest absolute Gasteiger partial charge is 0.339 e. The highest BCUT2D eigenvalue weighted by atomic mass is 32.2. The number of nitrogens with one attached hydrogen (secondary N) is 1. The van der Waals surface area contributed by atoms with Crippen molar-refractivity contribution in [3.8, 4) is 0 Å². The van der Waals surface area contributed by atoms with E-state index in [2.05, 4.69) is 11.4 Å². The molecule has 0 saturated heterocycles. The molecule has 0 spiro atoms. The molecule has 2 aromatic heterocycles. The highest BCUT2D eigenvalue weighted by Gasteiger charge is 2.24. The number of rotatable bonds is 9. The number of aliphatic carboxylic acids is 1. The molecule has 2 N–H and O–H groups in total. The molecule has 1 aliphatic rings. The Bertz CT molecular complexity index is 1570. The Morgan fingerprint density at radius 1 is 1.03 bits per heavy atom. The fraction of sp³-hybridized carbons (Fsp3) is 0.367. The molecule has 8 heteroatoms. The number of benzene rings is 2. The second-order valence-electron chi connectivity index (χ2n) is 9.92. The number of hydrogen-bond donors (Lipinski definition) is 2. The van der Waals surface area contributed by atoms with Crippen LogP contribution in [0, 0.1) is 13.8 Å². The van der Waals surface area contributed by atoms with Gasteiger partial charge in [0, 0.05) is 51.8 Å². The van der Waals surface area contributed by atoms with E-state index in [1.165, 1.54) is 17.3 Å². The van der Waals surface area contributed by atoms with Crippen LogP contribution in [0.2, 0.25) is 0 Å². The summed E-state index contributed by atoms with van der Waals surface area (Å²) in [6, 6.07) is 10.8. The van der Waals surface area contributed by atoms with Crippen molar-refractivity contribution in [1.29, 1.82) is 0 Å². The fourth-order valence-corrected chi connectivity index (χ4v) is 6.26. The Labute approximate surface area is 224 Å². The summed E-state index contributed by atoms with van der Waals surface area (Å²) in [7, 11) is 0. The minimum absolute atomic E-state index is 0.00737. The molecule has 4 aromatic rings. The maximum atomic E-state index is 12.9. The van der Waals surface area contributed by atoms with E-state index in [1.807, 2.05) is 44.2 Å². The molecule has 0 radical (unpaired) electrons. The van der Waals surface area contributed by atoms with Crippen LogP contribution in [-0.4, -0.2) is 28.8 Å². The van der Waals surface area contributed by atoms with E-state index < -0.39 is 23.5 Å². The molecule has 1 atom stereocenters. The van der Waals surface area contributed by atoms with E-state index in [4.69, 9.17) is 8.83 Å². The molecule has 1 aliphatic carbocycles. The number of hydrogen-bond acceptors (Lipinski definition) is 6. The van der Waals surface area contributed by atoms with Crippen molar-refractivity contribution in [1.82, 2.24) is 5.32 Å². The molecule has 7 nitrogen and oxygen atoms in total. The molecule has 0 saturated carbocycles. The average molecular weight is 534 g/mol. The zero-order valence-electron chi connectivity index (χ0n) is 21.6. The summed E-state index contributed by atoms with van der Waals surface area (Å²) < 4.78 is 11.9. The highest BCUT2D eigenvalue weighted by Crippen LogP contribution is 2.38. The van der Waals surface area contributed by atoms with E-state index in [1.54, 1.807) is 0 Å². The largest absolute Gasteiger partial charge is 0.480 e. The van der Waals surface area contributed by atoms with Crippen LogP contribution in [-0.2, 0) is 34.6 Å². The van der Waals surface area contributed by atoms with E-state index >= 15 is 0 Å². The summed E-state index contributed by atoms with van der Waals surface area (Å²) in [6.07, 6.45) is 4.30. The number of carboxylic acid groups (broad SMARTS) is 1. The second-order valence-corrected chi connectivity index (χ2v) is 10.9. The van der Waals surface area contributed by atoms with Crippen molar-refractivity contribution in [2.45, 2.75) is 64.2 Å². The number of carbonyl (C=O) groups is 2. The Balaban J connectivity index is 1.31. The van der Waals surface area contributed by atoms with Gasteiger partial charge in [-0.05, 0) is 56.7 Å². The van der Waals surface area contributed by atoms with Crippen molar-refractivity contribution < 1.29 is 23.5 Å². The number of carbonyl (C=O) groups excluding carboxylic acids is 1. The fourth-order valence-electron chi connectivity index (χ4n) is 5.25. The molecule has 0 bridgehead atoms. The third kappa shape index (κ3) is 5.23. The third-order valence-electron chi connectivity index (χ3n) is 7.36. The van der Waals surface area contributed by atoms with Gasteiger partial charge in [-0.1, -0.05) is 30.3 Å². The summed E-state index contributed by atoms with van der Waals surface area (Å²) in [5.41, 5.74) is 5.19. The van der Waals surface area contributed by atoms with Crippen LogP contribution >= 0.6 is 11.8 Å². The van der Waals surface area contributed by atoms with Crippen molar-refractivity contribution in [2.75, 3.05) is 5.75 Å². The van der Waals surface area contributed by atoms with Crippen molar-refractivity contribution in [2.24, 2.45) is 0 Å². The molecular formula is C30H31NO6S. The van der Waals surface area contributed by atoms with Crippen LogP contribution in [0.3, 0.4) is 0 Å². The van der Waals surface area contributed by atoms with Gasteiger partial charge in [-0.25, -0.2) is 9.59 Å². The molecule has 1 amide bonds. The molecule has 5 rings (SSSR count). The molecule has 38 heavy (non-hydrogen) atoms. The van der Waals surface area contributed by atoms with Gasteiger partial charge in [0.05, 0.1) is 0 Å². The van der Waals surface area contributed by atoms with Crippen molar-refractivity contribution in [3.05, 3.63) is 80.4 Å². The van der Waals surface area contributed by atoms with Gasteiger partial charge in [0.25, 0.3) is 0 Å². The SMILES string of the molecule is Cc1c(CCC(=O)N[C@H](CSCc2ccccc2)C(=O)O)c(=O)oc2c(C)c3oc4c(c3cc12)CCCC4. The summed E-state index contributed by atoms with van der Waals surface area (Å²) in [5, 5.41) is 14.1. The molecular weight excluding hydrogens is 502 g/mol. The van der Waals surface area contributed by atoms with Gasteiger partial charge in [-0.2, -0.15) is 11.8 Å². The standard InChI is InChI=1S/C30H31NO6S/c1-17-20(12-13-26(32)31-24(29(33)34)16-38-15-19-8-4-3-5-9-19)30(35)37-27-18(2)28-23(14-22(17)27)21-10-6-7-11-25(21)36-28/h3-5,8-9,14,24H,6-7,10-13,15-16H2,1-2H3,(H,31,32)(H,33,34)/t24-/m1/s1. The summed E-state index contributed by atoms with van der Waals surface area (Å²) >= 11 is 1.45. The van der Waals surface area contributed by atoms with Gasteiger partial charge in [0.15, 0.2) is 0 Å². The normalized spacial score (nSPS) is 13.9. The summed E-state index contributed by atoms with van der Waals surface area (Å²) in [6.45, 7) is 3.79. The first-order chi connectivity index (χ1) is 18.3. The van der Waals surface area contributed by atoms with Gasteiger partial charge in [-0.3, -0.25) is 4.79 Å². The predicted octanol–water partition coefficient (Wildman–Crippen LogP) is 5.47. The van der Waals surface area contributed by atoms with E-state index in [-0.39, 0.29) is 18.6 Å². The van der Waals surface area contributed by atoms with Gasteiger partial charge in [0.1, 0.15) is 23.0 Å². The lowest BCUT2D eigenvalue weighted by Crippen LogP contribution is -2.42. The van der Waals surface area contributed by atoms with Crippen LogP contribution < -0.4 is 10.9 Å². The van der Waals surface area contributed by atoms with Gasteiger partial charge in [0.2, 0.25) is 5.91 Å². The maximum Gasteiger partial charge on any atom is 0.339 e. The molecule has 2 aromatic carbocycles. The number of amides is 1. The Kier molecular flexibility index (Phi) is 7.61. The highest BCUT2D eigenvalue weighted by molar-refractivity contribution is 7.98. The van der Waals surface area contributed by atoms with Crippen LogP contribution in [0.1, 0.15) is 52.8 Å². The first-order valence-electron chi connectivity index (χ1n) is 13.0. The predicted molar refractivity (Wildman–Crippen MR) is 149 cm³/mol. The minimum Gasteiger partial charge on any atom is -0.480 e. The molecule has 0 unspecified atom stereocenters. The van der Waals surface area contributed by atoms with E-state index in [9.17, 15) is 19.5 Å². The molecule has 0 aliphatic heterocycles. The lowest BCUT2D eigenvalue weighted by Gasteiger charge is -2.15. The average Bonchev–Trinajstić information content (AvgIpc) is 3.28. The van der Waals surface area contributed by atoms with Crippen molar-refractivity contribution in [3.63, 3.8) is 0 Å². The quantitative estimate of drug-likeness (QED) is 0.275. The number of aryl methyl sites for hydroxylation is 4. The lowest BCUT2D eigenvalue weighted by molar-refractivity contribution is -0.141. The monoisotopic (exact) mass is 533 g/mol. The molecule has 2 heterocycles. The van der Waals surface area contributed by atoms with Crippen LogP contribution in [0.4, 0.5) is 0 Å². The molecule has 198 valence electrons. The van der Waals surface area contributed by atoms with Gasteiger partial charge < -0.3 is 19.3 Å². The van der Waals surface area contributed by atoms with Crippen LogP contribution in [0.5, 0.6) is 0 Å².